The van der Waals surface area contributed by atoms with Crippen LogP contribution in [-0.2, 0) is 14.8 Å². The molecule has 10 heteroatoms. The molecular weight excluding hydrogens is 415 g/mol. The molecule has 0 saturated carbocycles. The Morgan fingerprint density at radius 3 is 2.15 bits per heavy atom. The zero-order chi connectivity index (χ0) is 20.2. The van der Waals surface area contributed by atoms with E-state index in [2.05, 4.69) is 10.0 Å². The van der Waals surface area contributed by atoms with Gasteiger partial charge in [0.15, 0.2) is 11.5 Å². The van der Waals surface area contributed by atoms with Crippen LogP contribution in [0.3, 0.4) is 0 Å². The van der Waals surface area contributed by atoms with Crippen LogP contribution in [0.15, 0.2) is 41.3 Å². The number of ether oxygens (including phenoxy) is 2. The van der Waals surface area contributed by atoms with Crippen molar-refractivity contribution in [1.29, 1.82) is 0 Å². The van der Waals surface area contributed by atoms with Crippen molar-refractivity contribution in [3.05, 3.63) is 46.4 Å². The summed E-state index contributed by atoms with van der Waals surface area (Å²) >= 11 is 11.8. The average molecular weight is 433 g/mol. The Labute approximate surface area is 167 Å². The molecule has 1 amide bonds. The van der Waals surface area contributed by atoms with Gasteiger partial charge in [0, 0.05) is 21.8 Å². The number of anilines is 1. The second-order valence-electron chi connectivity index (χ2n) is 5.51. The van der Waals surface area contributed by atoms with Crippen molar-refractivity contribution in [2.45, 2.75) is 17.9 Å². The highest BCUT2D eigenvalue weighted by Gasteiger charge is 2.23. The maximum absolute atomic E-state index is 12.5. The van der Waals surface area contributed by atoms with Crippen LogP contribution in [0.25, 0.3) is 0 Å². The van der Waals surface area contributed by atoms with Gasteiger partial charge in [-0.15, -0.1) is 0 Å². The smallest absolute Gasteiger partial charge is 0.242 e. The van der Waals surface area contributed by atoms with Crippen LogP contribution in [0, 0.1) is 0 Å². The number of nitrogens with one attached hydrogen (secondary N) is 2. The molecular formula is C17H18Cl2N2O5S. The zero-order valence-corrected chi connectivity index (χ0v) is 17.1. The summed E-state index contributed by atoms with van der Waals surface area (Å²) in [5, 5.41) is 3.25. The van der Waals surface area contributed by atoms with Gasteiger partial charge in [-0.25, -0.2) is 8.42 Å². The molecule has 0 spiro atoms. The molecule has 0 aliphatic carbocycles. The highest BCUT2D eigenvalue weighted by molar-refractivity contribution is 7.89. The lowest BCUT2D eigenvalue weighted by molar-refractivity contribution is -0.117. The summed E-state index contributed by atoms with van der Waals surface area (Å²) in [5.41, 5.74) is 0.356. The summed E-state index contributed by atoms with van der Waals surface area (Å²) in [7, 11) is -1.13. The maximum atomic E-state index is 12.5. The molecule has 0 fully saturated rings. The van der Waals surface area contributed by atoms with Crippen LogP contribution in [0.1, 0.15) is 6.92 Å². The van der Waals surface area contributed by atoms with Crippen LogP contribution in [-0.4, -0.2) is 34.6 Å². The Morgan fingerprint density at radius 1 is 1.00 bits per heavy atom. The van der Waals surface area contributed by atoms with E-state index in [0.717, 1.165) is 0 Å². The Bertz CT molecular complexity index is 930. The van der Waals surface area contributed by atoms with E-state index in [0.29, 0.717) is 21.5 Å². The fourth-order valence-electron chi connectivity index (χ4n) is 2.21. The number of hydrogen-bond donors (Lipinski definition) is 2. The fraction of sp³-hybridized carbons (Fsp3) is 0.235. The van der Waals surface area contributed by atoms with Crippen molar-refractivity contribution in [2.75, 3.05) is 19.5 Å². The molecule has 0 heterocycles. The number of rotatable bonds is 7. The van der Waals surface area contributed by atoms with Gasteiger partial charge >= 0.3 is 0 Å². The van der Waals surface area contributed by atoms with Crippen molar-refractivity contribution in [3.63, 3.8) is 0 Å². The summed E-state index contributed by atoms with van der Waals surface area (Å²) in [6.07, 6.45) is 0. The predicted molar refractivity (Wildman–Crippen MR) is 104 cm³/mol. The number of hydrogen-bond acceptors (Lipinski definition) is 5. The fourth-order valence-corrected chi connectivity index (χ4v) is 3.96. The molecule has 27 heavy (non-hydrogen) atoms. The molecule has 0 saturated heterocycles. The van der Waals surface area contributed by atoms with E-state index in [-0.39, 0.29) is 10.6 Å². The topological polar surface area (TPSA) is 93.7 Å². The first-order valence-corrected chi connectivity index (χ1v) is 9.91. The van der Waals surface area contributed by atoms with E-state index in [1.54, 1.807) is 0 Å². The second-order valence-corrected chi connectivity index (χ2v) is 8.09. The third-order valence-corrected chi connectivity index (χ3v) is 5.50. The summed E-state index contributed by atoms with van der Waals surface area (Å²) < 4.78 is 37.6. The van der Waals surface area contributed by atoms with Crippen LogP contribution >= 0.6 is 23.2 Å². The van der Waals surface area contributed by atoms with Crippen molar-refractivity contribution in [1.82, 2.24) is 4.72 Å². The minimum atomic E-state index is -3.97. The summed E-state index contributed by atoms with van der Waals surface area (Å²) in [5.74, 6) is 0.0727. The molecule has 2 aromatic carbocycles. The van der Waals surface area contributed by atoms with E-state index >= 15 is 0 Å². The van der Waals surface area contributed by atoms with Gasteiger partial charge in [0.25, 0.3) is 0 Å². The lowest BCUT2D eigenvalue weighted by atomic mass is 10.3. The highest BCUT2D eigenvalue weighted by atomic mass is 35.5. The first-order valence-electron chi connectivity index (χ1n) is 7.67. The van der Waals surface area contributed by atoms with Gasteiger partial charge in [0.1, 0.15) is 0 Å². The summed E-state index contributed by atoms with van der Waals surface area (Å²) in [4.78, 5) is 12.2. The largest absolute Gasteiger partial charge is 0.493 e. The van der Waals surface area contributed by atoms with Gasteiger partial charge in [-0.05, 0) is 37.3 Å². The number of carbonyl (C=O) groups is 1. The van der Waals surface area contributed by atoms with Crippen LogP contribution in [0.5, 0.6) is 11.5 Å². The van der Waals surface area contributed by atoms with Crippen LogP contribution < -0.4 is 19.5 Å². The molecule has 0 aromatic heterocycles. The number of amides is 1. The maximum Gasteiger partial charge on any atom is 0.242 e. The van der Waals surface area contributed by atoms with E-state index < -0.39 is 22.0 Å². The molecule has 0 aliphatic heterocycles. The zero-order valence-electron chi connectivity index (χ0n) is 14.7. The monoisotopic (exact) mass is 432 g/mol. The minimum Gasteiger partial charge on any atom is -0.493 e. The molecule has 2 N–H and O–H groups in total. The number of benzene rings is 2. The lowest BCUT2D eigenvalue weighted by Crippen LogP contribution is -2.41. The standard InChI is InChI=1S/C17H18Cl2N2O5S/c1-10(17(22)20-13-7-11(18)6-12(19)8-13)21-27(23,24)14-4-5-15(25-2)16(9-14)26-3/h4-10,21H,1-3H3,(H,20,22). The number of sulfonamides is 1. The Kier molecular flexibility index (Phi) is 6.94. The molecule has 1 atom stereocenters. The minimum absolute atomic E-state index is 0.0643. The Hall–Kier alpha value is -2.00. The number of methoxy groups -OCH3 is 2. The quantitative estimate of drug-likeness (QED) is 0.699. The number of carbonyl (C=O) groups excluding carboxylic acids is 1. The van der Waals surface area contributed by atoms with E-state index in [9.17, 15) is 13.2 Å². The first-order chi connectivity index (χ1) is 12.7. The predicted octanol–water partition coefficient (Wildman–Crippen LogP) is 3.32. The first kappa shape index (κ1) is 21.3. The molecule has 0 radical (unpaired) electrons. The van der Waals surface area contributed by atoms with Gasteiger partial charge in [-0.1, -0.05) is 23.2 Å². The van der Waals surface area contributed by atoms with Crippen LogP contribution in [0.4, 0.5) is 5.69 Å². The van der Waals surface area contributed by atoms with Gasteiger partial charge in [-0.2, -0.15) is 4.72 Å². The Morgan fingerprint density at radius 2 is 1.59 bits per heavy atom. The third-order valence-electron chi connectivity index (χ3n) is 3.52. The van der Waals surface area contributed by atoms with Crippen molar-refractivity contribution in [3.8, 4) is 11.5 Å². The van der Waals surface area contributed by atoms with Crippen molar-refractivity contribution in [2.24, 2.45) is 0 Å². The van der Waals surface area contributed by atoms with E-state index in [1.165, 1.54) is 57.5 Å². The normalized spacial score (nSPS) is 12.3. The molecule has 0 bridgehead atoms. The van der Waals surface area contributed by atoms with Gasteiger partial charge in [0.05, 0.1) is 25.2 Å². The van der Waals surface area contributed by atoms with Gasteiger partial charge < -0.3 is 14.8 Å². The summed E-state index contributed by atoms with van der Waals surface area (Å²) in [6, 6.07) is 7.59. The lowest BCUT2D eigenvalue weighted by Gasteiger charge is -2.16. The van der Waals surface area contributed by atoms with Crippen molar-refractivity contribution >= 4 is 44.8 Å². The highest BCUT2D eigenvalue weighted by Crippen LogP contribution is 2.29. The van der Waals surface area contributed by atoms with Crippen molar-refractivity contribution < 1.29 is 22.7 Å². The van der Waals surface area contributed by atoms with Gasteiger partial charge in [-0.3, -0.25) is 4.79 Å². The second kappa shape index (κ2) is 8.79. The summed E-state index contributed by atoms with van der Waals surface area (Å²) in [6.45, 7) is 1.42. The molecule has 1 unspecified atom stereocenters. The number of halogens is 2. The molecule has 2 rings (SSSR count). The van der Waals surface area contributed by atoms with E-state index in [1.807, 2.05) is 0 Å². The van der Waals surface area contributed by atoms with E-state index in [4.69, 9.17) is 32.7 Å². The molecule has 7 nitrogen and oxygen atoms in total. The van der Waals surface area contributed by atoms with Crippen LogP contribution in [0.2, 0.25) is 10.0 Å². The molecule has 2 aromatic rings. The molecule has 146 valence electrons. The SMILES string of the molecule is COc1ccc(S(=O)(=O)NC(C)C(=O)Nc2cc(Cl)cc(Cl)c2)cc1OC. The average Bonchev–Trinajstić information content (AvgIpc) is 2.59. The van der Waals surface area contributed by atoms with Gasteiger partial charge in [0.2, 0.25) is 15.9 Å². The molecule has 0 aliphatic rings. The third kappa shape index (κ3) is 5.49. The Balaban J connectivity index is 2.15.